The Labute approximate surface area is 169 Å². The van der Waals surface area contributed by atoms with Crippen LogP contribution in [0.15, 0.2) is 59.6 Å². The summed E-state index contributed by atoms with van der Waals surface area (Å²) in [5.74, 6) is 2.06. The molecule has 1 aromatic carbocycles. The van der Waals surface area contributed by atoms with Crippen molar-refractivity contribution in [2.24, 2.45) is 0 Å². The highest BCUT2D eigenvalue weighted by molar-refractivity contribution is 7.89. The second kappa shape index (κ2) is 9.30. The molecular weight excluding hydrogens is 392 g/mol. The standard InChI is InChI=1S/C19H22N6O3S/c1-14-6-7-15(28-2)16(13-14)29(26,27)22-12-11-21-18-8-9-19(25-24-18)23-17-5-3-4-10-20-17/h3-10,13,22H,11-12H2,1-2H3,(H,21,24)(H,20,23,25). The average Bonchev–Trinajstić information content (AvgIpc) is 2.73. The summed E-state index contributed by atoms with van der Waals surface area (Å²) in [6.07, 6.45) is 1.68. The molecule has 0 radical (unpaired) electrons. The predicted octanol–water partition coefficient (Wildman–Crippen LogP) is 2.32. The van der Waals surface area contributed by atoms with Gasteiger partial charge in [0.15, 0.2) is 5.82 Å². The van der Waals surface area contributed by atoms with E-state index >= 15 is 0 Å². The topological polar surface area (TPSA) is 118 Å². The molecule has 3 N–H and O–H groups in total. The highest BCUT2D eigenvalue weighted by Gasteiger charge is 2.19. The third-order valence-corrected chi connectivity index (χ3v) is 5.40. The van der Waals surface area contributed by atoms with Crippen LogP contribution in [0.4, 0.5) is 17.5 Å². The van der Waals surface area contributed by atoms with E-state index < -0.39 is 10.0 Å². The third kappa shape index (κ3) is 5.62. The van der Waals surface area contributed by atoms with Gasteiger partial charge in [-0.15, -0.1) is 10.2 Å². The molecule has 0 fully saturated rings. The van der Waals surface area contributed by atoms with Crippen molar-refractivity contribution in [2.75, 3.05) is 30.8 Å². The molecule has 0 saturated heterocycles. The number of ether oxygens (including phenoxy) is 1. The van der Waals surface area contributed by atoms with Crippen LogP contribution in [0, 0.1) is 6.92 Å². The molecule has 0 aliphatic rings. The summed E-state index contributed by atoms with van der Waals surface area (Å²) in [5, 5.41) is 14.2. The van der Waals surface area contributed by atoms with E-state index in [0.29, 0.717) is 29.7 Å². The number of sulfonamides is 1. The SMILES string of the molecule is COc1ccc(C)cc1S(=O)(=O)NCCNc1ccc(Nc2ccccn2)nn1. The monoisotopic (exact) mass is 414 g/mol. The van der Waals surface area contributed by atoms with Crippen molar-refractivity contribution in [2.45, 2.75) is 11.8 Å². The van der Waals surface area contributed by atoms with Crippen molar-refractivity contribution in [3.05, 3.63) is 60.3 Å². The smallest absolute Gasteiger partial charge is 0.244 e. The van der Waals surface area contributed by atoms with Crippen molar-refractivity contribution in [1.82, 2.24) is 19.9 Å². The van der Waals surface area contributed by atoms with E-state index in [1.165, 1.54) is 7.11 Å². The van der Waals surface area contributed by atoms with Crippen LogP contribution in [0.5, 0.6) is 5.75 Å². The number of aromatic nitrogens is 3. The Kier molecular flexibility index (Phi) is 6.57. The first-order valence-corrected chi connectivity index (χ1v) is 10.4. The Bertz CT molecular complexity index is 1040. The summed E-state index contributed by atoms with van der Waals surface area (Å²) >= 11 is 0. The molecule has 0 aliphatic heterocycles. The summed E-state index contributed by atoms with van der Waals surface area (Å²) in [6, 6.07) is 14.0. The van der Waals surface area contributed by atoms with Gasteiger partial charge in [0.1, 0.15) is 22.3 Å². The fraction of sp³-hybridized carbons (Fsp3) is 0.211. The molecule has 0 unspecified atom stereocenters. The fourth-order valence-electron chi connectivity index (χ4n) is 2.51. The molecule has 29 heavy (non-hydrogen) atoms. The molecule has 10 heteroatoms. The molecule has 0 spiro atoms. The van der Waals surface area contributed by atoms with Crippen molar-refractivity contribution >= 4 is 27.5 Å². The van der Waals surface area contributed by atoms with Gasteiger partial charge in [0, 0.05) is 19.3 Å². The Morgan fingerprint density at radius 1 is 0.966 bits per heavy atom. The molecule has 2 heterocycles. The van der Waals surface area contributed by atoms with Gasteiger partial charge in [0.2, 0.25) is 10.0 Å². The average molecular weight is 414 g/mol. The highest BCUT2D eigenvalue weighted by atomic mass is 32.2. The van der Waals surface area contributed by atoms with Gasteiger partial charge in [-0.3, -0.25) is 0 Å². The minimum atomic E-state index is -3.69. The number of pyridine rings is 1. The van der Waals surface area contributed by atoms with Crippen molar-refractivity contribution in [1.29, 1.82) is 0 Å². The van der Waals surface area contributed by atoms with Gasteiger partial charge in [-0.25, -0.2) is 18.1 Å². The molecule has 0 atom stereocenters. The number of hydrogen-bond acceptors (Lipinski definition) is 8. The van der Waals surface area contributed by atoms with E-state index in [1.807, 2.05) is 25.1 Å². The van der Waals surface area contributed by atoms with Crippen LogP contribution in [0.25, 0.3) is 0 Å². The van der Waals surface area contributed by atoms with E-state index in [4.69, 9.17) is 4.74 Å². The van der Waals surface area contributed by atoms with Crippen LogP contribution in [0.1, 0.15) is 5.56 Å². The molecule has 0 saturated carbocycles. The van der Waals surface area contributed by atoms with Crippen LogP contribution in [0.2, 0.25) is 0 Å². The van der Waals surface area contributed by atoms with E-state index in [1.54, 1.807) is 36.5 Å². The number of rotatable bonds is 9. The first-order chi connectivity index (χ1) is 14.0. The zero-order chi connectivity index (χ0) is 20.7. The lowest BCUT2D eigenvalue weighted by Gasteiger charge is -2.12. The summed E-state index contributed by atoms with van der Waals surface area (Å²) in [7, 11) is -2.25. The van der Waals surface area contributed by atoms with Crippen LogP contribution in [-0.4, -0.2) is 43.8 Å². The second-order valence-electron chi connectivity index (χ2n) is 6.12. The van der Waals surface area contributed by atoms with E-state index in [2.05, 4.69) is 30.5 Å². The Balaban J connectivity index is 1.52. The maximum Gasteiger partial charge on any atom is 0.244 e. The maximum absolute atomic E-state index is 12.5. The van der Waals surface area contributed by atoms with Crippen LogP contribution in [0.3, 0.4) is 0 Å². The molecule has 3 aromatic rings. The van der Waals surface area contributed by atoms with Crippen LogP contribution >= 0.6 is 0 Å². The molecule has 0 aliphatic carbocycles. The Morgan fingerprint density at radius 2 is 1.76 bits per heavy atom. The fourth-order valence-corrected chi connectivity index (χ4v) is 3.79. The van der Waals surface area contributed by atoms with Gasteiger partial charge < -0.3 is 15.4 Å². The molecule has 3 rings (SSSR count). The first kappa shape index (κ1) is 20.5. The lowest BCUT2D eigenvalue weighted by atomic mass is 10.2. The van der Waals surface area contributed by atoms with Gasteiger partial charge in [-0.2, -0.15) is 0 Å². The number of benzene rings is 1. The van der Waals surface area contributed by atoms with Gasteiger partial charge >= 0.3 is 0 Å². The number of nitrogens with zero attached hydrogens (tertiary/aromatic N) is 3. The third-order valence-electron chi connectivity index (χ3n) is 3.92. The zero-order valence-electron chi connectivity index (χ0n) is 16.1. The number of methoxy groups -OCH3 is 1. The number of aryl methyl sites for hydroxylation is 1. The second-order valence-corrected chi connectivity index (χ2v) is 7.86. The van der Waals surface area contributed by atoms with Gasteiger partial charge in [-0.05, 0) is 48.9 Å². The lowest BCUT2D eigenvalue weighted by Crippen LogP contribution is -2.29. The highest BCUT2D eigenvalue weighted by Crippen LogP contribution is 2.24. The molecule has 0 amide bonds. The predicted molar refractivity (Wildman–Crippen MR) is 111 cm³/mol. The molecule has 9 nitrogen and oxygen atoms in total. The minimum Gasteiger partial charge on any atom is -0.495 e. The molecule has 2 aromatic heterocycles. The maximum atomic E-state index is 12.5. The van der Waals surface area contributed by atoms with E-state index in [-0.39, 0.29) is 11.4 Å². The van der Waals surface area contributed by atoms with E-state index in [9.17, 15) is 8.42 Å². The largest absolute Gasteiger partial charge is 0.495 e. The lowest BCUT2D eigenvalue weighted by molar-refractivity contribution is 0.402. The van der Waals surface area contributed by atoms with Crippen LogP contribution in [-0.2, 0) is 10.0 Å². The molecule has 0 bridgehead atoms. The van der Waals surface area contributed by atoms with Crippen molar-refractivity contribution in [3.8, 4) is 5.75 Å². The zero-order valence-corrected chi connectivity index (χ0v) is 16.9. The quantitative estimate of drug-likeness (QED) is 0.457. The first-order valence-electron chi connectivity index (χ1n) is 8.88. The van der Waals surface area contributed by atoms with Gasteiger partial charge in [-0.1, -0.05) is 12.1 Å². The normalized spacial score (nSPS) is 11.1. The van der Waals surface area contributed by atoms with Gasteiger partial charge in [0.05, 0.1) is 7.11 Å². The number of hydrogen-bond donors (Lipinski definition) is 3. The summed E-state index contributed by atoms with van der Waals surface area (Å²) in [5.41, 5.74) is 0.832. The summed E-state index contributed by atoms with van der Waals surface area (Å²) < 4.78 is 32.8. The summed E-state index contributed by atoms with van der Waals surface area (Å²) in [6.45, 7) is 2.34. The number of anilines is 3. The number of nitrogens with one attached hydrogen (secondary N) is 3. The van der Waals surface area contributed by atoms with E-state index in [0.717, 1.165) is 5.56 Å². The Hall–Kier alpha value is -3.24. The minimum absolute atomic E-state index is 0.116. The molecular formula is C19H22N6O3S. The van der Waals surface area contributed by atoms with Crippen molar-refractivity contribution in [3.63, 3.8) is 0 Å². The Morgan fingerprint density at radius 3 is 2.45 bits per heavy atom. The van der Waals surface area contributed by atoms with Crippen molar-refractivity contribution < 1.29 is 13.2 Å². The summed E-state index contributed by atoms with van der Waals surface area (Å²) in [4.78, 5) is 4.27. The van der Waals surface area contributed by atoms with Gasteiger partial charge in [0.25, 0.3) is 0 Å². The molecule has 152 valence electrons. The van der Waals surface area contributed by atoms with Crippen LogP contribution < -0.4 is 20.1 Å².